The number of ether oxygens (including phenoxy) is 1. The molecule has 1 atom stereocenters. The molecule has 2 rings (SSSR count). The molecule has 0 bridgehead atoms. The predicted molar refractivity (Wildman–Crippen MR) is 91.0 cm³/mol. The maximum Gasteiger partial charge on any atom is 0.356 e. The molecule has 2 aromatic heterocycles. The van der Waals surface area contributed by atoms with Crippen LogP contribution in [-0.4, -0.2) is 45.2 Å². The SMILES string of the molecule is CCOP(=O)(CO[C@H](C)Cn1cnc2c(Cl)nc(N)nc21)OCC. The normalized spacial score (nSPS) is 13.5. The van der Waals surface area contributed by atoms with Crippen molar-refractivity contribution in [3.05, 3.63) is 11.5 Å². The molecular weight excluding hydrogens is 357 g/mol. The van der Waals surface area contributed by atoms with Crippen LogP contribution < -0.4 is 5.73 Å². The standard InChI is InChI=1S/C13H21ClN5O4P/c1-4-22-24(20,23-5-2)8-21-9(3)6-19-7-16-10-11(14)17-13(15)18-12(10)19/h7,9H,4-6,8H2,1-3H3,(H2,15,17,18)/t9-/m1/s1. The monoisotopic (exact) mass is 377 g/mol. The van der Waals surface area contributed by atoms with Crippen molar-refractivity contribution < 1.29 is 18.3 Å². The van der Waals surface area contributed by atoms with Crippen molar-refractivity contribution in [1.82, 2.24) is 19.5 Å². The van der Waals surface area contributed by atoms with E-state index in [-0.39, 0.29) is 36.8 Å². The zero-order valence-electron chi connectivity index (χ0n) is 13.8. The van der Waals surface area contributed by atoms with Gasteiger partial charge in [0.2, 0.25) is 5.95 Å². The van der Waals surface area contributed by atoms with Crippen LogP contribution in [0.3, 0.4) is 0 Å². The summed E-state index contributed by atoms with van der Waals surface area (Å²) in [5.41, 5.74) is 6.60. The average molecular weight is 378 g/mol. The van der Waals surface area contributed by atoms with Crippen LogP contribution in [0.5, 0.6) is 0 Å². The van der Waals surface area contributed by atoms with Crippen molar-refractivity contribution >= 4 is 36.3 Å². The number of nitrogens with zero attached hydrogens (tertiary/aromatic N) is 4. The molecule has 0 amide bonds. The number of aromatic nitrogens is 4. The number of hydrogen-bond donors (Lipinski definition) is 1. The Morgan fingerprint density at radius 3 is 2.62 bits per heavy atom. The number of nitrogen functional groups attached to an aromatic ring is 1. The van der Waals surface area contributed by atoms with Gasteiger partial charge >= 0.3 is 7.60 Å². The van der Waals surface area contributed by atoms with Crippen LogP contribution in [0.1, 0.15) is 20.8 Å². The second-order valence-corrected chi connectivity index (χ2v) is 7.35. The van der Waals surface area contributed by atoms with Crippen molar-refractivity contribution in [2.75, 3.05) is 25.3 Å². The van der Waals surface area contributed by atoms with E-state index in [2.05, 4.69) is 15.0 Å². The minimum atomic E-state index is -3.24. The zero-order chi connectivity index (χ0) is 17.7. The fraction of sp³-hybridized carbons (Fsp3) is 0.615. The van der Waals surface area contributed by atoms with E-state index in [4.69, 9.17) is 31.1 Å². The van der Waals surface area contributed by atoms with Gasteiger partial charge in [0.05, 0.1) is 32.2 Å². The van der Waals surface area contributed by atoms with Crippen LogP contribution in [0, 0.1) is 0 Å². The molecule has 0 saturated heterocycles. The molecule has 2 aromatic rings. The van der Waals surface area contributed by atoms with Gasteiger partial charge in [0.15, 0.2) is 10.8 Å². The summed E-state index contributed by atoms with van der Waals surface area (Å²) < 4.78 is 30.1. The molecule has 0 aliphatic heterocycles. The van der Waals surface area contributed by atoms with E-state index in [9.17, 15) is 4.57 Å². The predicted octanol–water partition coefficient (Wildman–Crippen LogP) is 2.69. The number of hydrogen-bond acceptors (Lipinski definition) is 8. The van der Waals surface area contributed by atoms with Gasteiger partial charge in [0, 0.05) is 0 Å². The summed E-state index contributed by atoms with van der Waals surface area (Å²) in [5, 5.41) is 0.196. The second kappa shape index (κ2) is 8.22. The molecular formula is C13H21ClN5O4P. The highest BCUT2D eigenvalue weighted by Crippen LogP contribution is 2.48. The molecule has 2 heterocycles. The van der Waals surface area contributed by atoms with E-state index in [0.29, 0.717) is 17.7 Å². The third-order valence-electron chi connectivity index (χ3n) is 3.06. The van der Waals surface area contributed by atoms with Crippen LogP contribution in [0.4, 0.5) is 5.95 Å². The average Bonchev–Trinajstić information content (AvgIpc) is 2.89. The molecule has 24 heavy (non-hydrogen) atoms. The molecule has 9 nitrogen and oxygen atoms in total. The van der Waals surface area contributed by atoms with Crippen LogP contribution >= 0.6 is 19.2 Å². The third-order valence-corrected chi connectivity index (χ3v) is 5.09. The lowest BCUT2D eigenvalue weighted by molar-refractivity contribution is 0.0672. The molecule has 0 radical (unpaired) electrons. The Morgan fingerprint density at radius 2 is 2.00 bits per heavy atom. The number of anilines is 1. The maximum atomic E-state index is 12.4. The van der Waals surface area contributed by atoms with E-state index in [0.717, 1.165) is 0 Å². The van der Waals surface area contributed by atoms with Gasteiger partial charge < -0.3 is 24.1 Å². The Morgan fingerprint density at radius 1 is 1.33 bits per heavy atom. The summed E-state index contributed by atoms with van der Waals surface area (Å²) in [6.45, 7) is 6.33. The summed E-state index contributed by atoms with van der Waals surface area (Å²) >= 11 is 5.99. The molecule has 134 valence electrons. The Labute approximate surface area is 145 Å². The number of imidazole rings is 1. The molecule has 0 aliphatic rings. The van der Waals surface area contributed by atoms with Crippen LogP contribution in [0.2, 0.25) is 5.15 Å². The summed E-state index contributed by atoms with van der Waals surface area (Å²) in [5.74, 6) is 0.0695. The lowest BCUT2D eigenvalue weighted by Gasteiger charge is -2.20. The first-order valence-electron chi connectivity index (χ1n) is 7.52. The molecule has 0 aliphatic carbocycles. The van der Waals surface area contributed by atoms with Gasteiger partial charge in [0.25, 0.3) is 0 Å². The van der Waals surface area contributed by atoms with E-state index in [1.54, 1.807) is 24.7 Å². The quantitative estimate of drug-likeness (QED) is 0.524. The molecule has 2 N–H and O–H groups in total. The smallest absolute Gasteiger partial charge is 0.356 e. The Balaban J connectivity index is 2.05. The second-order valence-electron chi connectivity index (χ2n) is 4.99. The first-order valence-corrected chi connectivity index (χ1v) is 9.62. The number of nitrogens with two attached hydrogens (primary N) is 1. The molecule has 11 heteroatoms. The van der Waals surface area contributed by atoms with Gasteiger partial charge in [-0.15, -0.1) is 0 Å². The number of halogens is 1. The van der Waals surface area contributed by atoms with Crippen molar-refractivity contribution in [3.63, 3.8) is 0 Å². The van der Waals surface area contributed by atoms with Crippen LogP contribution in [0.15, 0.2) is 6.33 Å². The minimum absolute atomic E-state index is 0.0695. The topological polar surface area (TPSA) is 114 Å². The van der Waals surface area contributed by atoms with E-state index >= 15 is 0 Å². The lowest BCUT2D eigenvalue weighted by atomic mass is 10.4. The molecule has 0 spiro atoms. The summed E-state index contributed by atoms with van der Waals surface area (Å²) in [6, 6.07) is 0. The lowest BCUT2D eigenvalue weighted by Crippen LogP contribution is -2.18. The van der Waals surface area contributed by atoms with Gasteiger partial charge in [-0.1, -0.05) is 11.6 Å². The van der Waals surface area contributed by atoms with Crippen LogP contribution in [-0.2, 0) is 24.9 Å². The summed E-state index contributed by atoms with van der Waals surface area (Å²) in [4.78, 5) is 12.2. The third kappa shape index (κ3) is 4.64. The highest BCUT2D eigenvalue weighted by atomic mass is 35.5. The van der Waals surface area contributed by atoms with E-state index in [1.807, 2.05) is 6.92 Å². The molecule has 0 unspecified atom stereocenters. The van der Waals surface area contributed by atoms with Gasteiger partial charge in [-0.25, -0.2) is 4.98 Å². The minimum Gasteiger partial charge on any atom is -0.368 e. The van der Waals surface area contributed by atoms with E-state index < -0.39 is 7.60 Å². The number of rotatable bonds is 9. The summed E-state index contributed by atoms with van der Waals surface area (Å²) in [7, 11) is -3.24. The largest absolute Gasteiger partial charge is 0.368 e. The highest BCUT2D eigenvalue weighted by Gasteiger charge is 2.25. The zero-order valence-corrected chi connectivity index (χ0v) is 15.5. The Bertz CT molecular complexity index is 730. The van der Waals surface area contributed by atoms with Gasteiger partial charge in [-0.3, -0.25) is 4.57 Å². The number of fused-ring (bicyclic) bond motifs is 1. The van der Waals surface area contributed by atoms with Crippen molar-refractivity contribution in [2.24, 2.45) is 0 Å². The van der Waals surface area contributed by atoms with Crippen LogP contribution in [0.25, 0.3) is 11.2 Å². The molecule has 0 saturated carbocycles. The van der Waals surface area contributed by atoms with Gasteiger partial charge in [0.1, 0.15) is 11.9 Å². The fourth-order valence-corrected chi connectivity index (χ4v) is 3.78. The maximum absolute atomic E-state index is 12.4. The summed E-state index contributed by atoms with van der Waals surface area (Å²) in [6.07, 6.45) is 1.17. The Hall–Kier alpha value is -1.25. The molecule has 0 fully saturated rings. The first kappa shape index (κ1) is 19.1. The molecule has 0 aromatic carbocycles. The first-order chi connectivity index (χ1) is 11.4. The Kier molecular flexibility index (Phi) is 6.54. The highest BCUT2D eigenvalue weighted by molar-refractivity contribution is 7.53. The van der Waals surface area contributed by atoms with E-state index in [1.165, 1.54) is 0 Å². The van der Waals surface area contributed by atoms with Crippen molar-refractivity contribution in [2.45, 2.75) is 33.4 Å². The van der Waals surface area contributed by atoms with Gasteiger partial charge in [-0.05, 0) is 20.8 Å². The fourth-order valence-electron chi connectivity index (χ4n) is 2.11. The van der Waals surface area contributed by atoms with Crippen molar-refractivity contribution in [1.29, 1.82) is 0 Å². The van der Waals surface area contributed by atoms with Gasteiger partial charge in [-0.2, -0.15) is 9.97 Å². The van der Waals surface area contributed by atoms with Crippen molar-refractivity contribution in [3.8, 4) is 0 Å².